The van der Waals surface area contributed by atoms with Crippen molar-refractivity contribution in [2.24, 2.45) is 0 Å². The lowest BCUT2D eigenvalue weighted by Gasteiger charge is -2.18. The summed E-state index contributed by atoms with van der Waals surface area (Å²) in [6, 6.07) is 0. The first-order valence-corrected chi connectivity index (χ1v) is 33.2. The van der Waals surface area contributed by atoms with Crippen molar-refractivity contribution in [3.63, 3.8) is 0 Å². The smallest absolute Gasteiger partial charge is 0.306 e. The first-order valence-electron chi connectivity index (χ1n) is 33.2. The molecule has 0 saturated carbocycles. The lowest BCUT2D eigenvalue weighted by Crippen LogP contribution is -2.30. The molecule has 0 heterocycles. The molecule has 0 aliphatic heterocycles. The van der Waals surface area contributed by atoms with Crippen LogP contribution in [0, 0.1) is 0 Å². The Balaban J connectivity index is 4.35. The Hall–Kier alpha value is -3.67. The van der Waals surface area contributed by atoms with Gasteiger partial charge < -0.3 is 14.2 Å². The maximum Gasteiger partial charge on any atom is 0.306 e. The maximum absolute atomic E-state index is 12.9. The van der Waals surface area contributed by atoms with Crippen molar-refractivity contribution in [1.82, 2.24) is 0 Å². The third-order valence-electron chi connectivity index (χ3n) is 14.3. The molecule has 6 heteroatoms. The van der Waals surface area contributed by atoms with E-state index in [1.165, 1.54) is 154 Å². The largest absolute Gasteiger partial charge is 0.462 e. The number of esters is 3. The SMILES string of the molecule is CC/C=C\C/C=C\C/C=C\C/C=C\C/C=C\C/C=C\C/C=C\CCCCCCCC(=O)OCC(COC(=O)CCCCCCC/C=C\CCCCCC)OC(=O)CCCCCCCCCCCCCCCCCCCCCC. The van der Waals surface area contributed by atoms with Gasteiger partial charge in [-0.1, -0.05) is 298 Å². The third kappa shape index (κ3) is 63.2. The molecule has 448 valence electrons. The lowest BCUT2D eigenvalue weighted by atomic mass is 10.0. The van der Waals surface area contributed by atoms with Gasteiger partial charge >= 0.3 is 17.9 Å². The zero-order chi connectivity index (χ0) is 56.4. The van der Waals surface area contributed by atoms with Crippen molar-refractivity contribution in [3.05, 3.63) is 97.2 Å². The number of hydrogen-bond acceptors (Lipinski definition) is 6. The second-order valence-corrected chi connectivity index (χ2v) is 22.0. The number of ether oxygens (including phenoxy) is 3. The van der Waals surface area contributed by atoms with Crippen molar-refractivity contribution in [2.45, 2.75) is 329 Å². The fraction of sp³-hybridized carbons (Fsp3) is 0.736. The van der Waals surface area contributed by atoms with E-state index in [4.69, 9.17) is 14.2 Å². The molecule has 0 spiro atoms. The summed E-state index contributed by atoms with van der Waals surface area (Å²) in [5, 5.41) is 0. The number of allylic oxidation sites excluding steroid dienone is 16. The fourth-order valence-electron chi connectivity index (χ4n) is 9.36. The van der Waals surface area contributed by atoms with Crippen LogP contribution in [0.3, 0.4) is 0 Å². The quantitative estimate of drug-likeness (QED) is 0.0261. The summed E-state index contributed by atoms with van der Waals surface area (Å²) in [4.78, 5) is 38.3. The van der Waals surface area contributed by atoms with Gasteiger partial charge in [0.2, 0.25) is 0 Å². The van der Waals surface area contributed by atoms with Gasteiger partial charge in [0.1, 0.15) is 13.2 Å². The molecule has 1 unspecified atom stereocenters. The predicted octanol–water partition coefficient (Wildman–Crippen LogP) is 22.8. The normalized spacial score (nSPS) is 12.7. The molecule has 0 aliphatic rings. The van der Waals surface area contributed by atoms with Gasteiger partial charge in [0.05, 0.1) is 0 Å². The standard InChI is InChI=1S/C72H124O6/c1-4-7-10-13-16-19-22-25-27-29-31-33-34-35-36-37-38-39-41-42-44-47-50-53-56-59-62-65-71(74)77-68-69(67-76-70(73)64-61-58-55-52-49-46-24-21-18-15-12-9-6-3)78-72(75)66-63-60-57-54-51-48-45-43-40-32-30-28-26-23-20-17-14-11-8-5-2/h7,10,16,19,21,24-25,27,31,33,35-36,38-39,42,44,69H,4-6,8-9,11-15,17-18,20,22-23,26,28-30,32,34,37,40-41,43,45-68H2,1-3H3/b10-7-,19-16-,24-21-,27-25-,33-31-,36-35-,39-38-,44-42-. The van der Waals surface area contributed by atoms with Crippen LogP contribution >= 0.6 is 0 Å². The van der Waals surface area contributed by atoms with E-state index in [0.29, 0.717) is 19.3 Å². The molecule has 0 N–H and O–H groups in total. The second-order valence-electron chi connectivity index (χ2n) is 22.0. The van der Waals surface area contributed by atoms with Gasteiger partial charge in [0, 0.05) is 19.3 Å². The van der Waals surface area contributed by atoms with Crippen LogP contribution in [-0.4, -0.2) is 37.2 Å². The summed E-state index contributed by atoms with van der Waals surface area (Å²) >= 11 is 0. The molecule has 6 nitrogen and oxygen atoms in total. The molecule has 0 aromatic carbocycles. The van der Waals surface area contributed by atoms with Crippen molar-refractivity contribution in [3.8, 4) is 0 Å². The topological polar surface area (TPSA) is 78.9 Å². The summed E-state index contributed by atoms with van der Waals surface area (Å²) in [6.45, 7) is 6.52. The van der Waals surface area contributed by atoms with Gasteiger partial charge in [-0.15, -0.1) is 0 Å². The molecule has 0 aliphatic carbocycles. The first kappa shape index (κ1) is 74.3. The van der Waals surface area contributed by atoms with Crippen LogP contribution < -0.4 is 0 Å². The van der Waals surface area contributed by atoms with Gasteiger partial charge in [-0.05, 0) is 103 Å². The first-order chi connectivity index (χ1) is 38.5. The molecule has 0 rings (SSSR count). The van der Waals surface area contributed by atoms with Gasteiger partial charge in [-0.25, -0.2) is 0 Å². The average molecular weight is 1090 g/mol. The van der Waals surface area contributed by atoms with Crippen LogP contribution in [0.1, 0.15) is 323 Å². The van der Waals surface area contributed by atoms with Crippen molar-refractivity contribution in [1.29, 1.82) is 0 Å². The van der Waals surface area contributed by atoms with E-state index < -0.39 is 6.10 Å². The Labute approximate surface area is 483 Å². The highest BCUT2D eigenvalue weighted by Gasteiger charge is 2.19. The second kappa shape index (κ2) is 65.8. The molecule has 0 radical (unpaired) electrons. The fourth-order valence-corrected chi connectivity index (χ4v) is 9.36. The van der Waals surface area contributed by atoms with E-state index >= 15 is 0 Å². The van der Waals surface area contributed by atoms with E-state index in [-0.39, 0.29) is 31.1 Å². The molecule has 0 fully saturated rings. The minimum absolute atomic E-state index is 0.0856. The summed E-state index contributed by atoms with van der Waals surface area (Å²) in [5.74, 6) is -0.900. The zero-order valence-electron chi connectivity index (χ0n) is 51.4. The molecule has 1 atom stereocenters. The van der Waals surface area contributed by atoms with Gasteiger partial charge in [0.25, 0.3) is 0 Å². The third-order valence-corrected chi connectivity index (χ3v) is 14.3. The highest BCUT2D eigenvalue weighted by Crippen LogP contribution is 2.17. The number of rotatable bonds is 60. The Morgan fingerprint density at radius 3 is 0.808 bits per heavy atom. The number of carbonyl (C=O) groups excluding carboxylic acids is 3. The van der Waals surface area contributed by atoms with Crippen LogP contribution in [0.25, 0.3) is 0 Å². The van der Waals surface area contributed by atoms with Crippen LogP contribution in [0.4, 0.5) is 0 Å². The van der Waals surface area contributed by atoms with Crippen LogP contribution in [0.2, 0.25) is 0 Å². The molecule has 0 aromatic rings. The minimum Gasteiger partial charge on any atom is -0.462 e. The monoisotopic (exact) mass is 1080 g/mol. The van der Waals surface area contributed by atoms with Gasteiger partial charge in [-0.2, -0.15) is 0 Å². The lowest BCUT2D eigenvalue weighted by molar-refractivity contribution is -0.167. The van der Waals surface area contributed by atoms with Crippen LogP contribution in [-0.2, 0) is 28.6 Å². The zero-order valence-corrected chi connectivity index (χ0v) is 51.4. The minimum atomic E-state index is -0.789. The highest BCUT2D eigenvalue weighted by atomic mass is 16.6. The van der Waals surface area contributed by atoms with Crippen molar-refractivity contribution >= 4 is 17.9 Å². The number of carbonyl (C=O) groups is 3. The Morgan fingerprint density at radius 1 is 0.269 bits per heavy atom. The van der Waals surface area contributed by atoms with Crippen molar-refractivity contribution < 1.29 is 28.6 Å². The molecular weight excluding hydrogens is 961 g/mol. The molecular formula is C72H124O6. The van der Waals surface area contributed by atoms with E-state index in [9.17, 15) is 14.4 Å². The van der Waals surface area contributed by atoms with Crippen molar-refractivity contribution in [2.75, 3.05) is 13.2 Å². The highest BCUT2D eigenvalue weighted by molar-refractivity contribution is 5.71. The molecule has 0 amide bonds. The van der Waals surface area contributed by atoms with Gasteiger partial charge in [0.15, 0.2) is 6.10 Å². The molecule has 0 bridgehead atoms. The number of unbranched alkanes of at least 4 members (excludes halogenated alkanes) is 33. The van der Waals surface area contributed by atoms with E-state index in [0.717, 1.165) is 128 Å². The van der Waals surface area contributed by atoms with E-state index in [1.54, 1.807) is 0 Å². The van der Waals surface area contributed by atoms with Crippen LogP contribution in [0.5, 0.6) is 0 Å². The van der Waals surface area contributed by atoms with Gasteiger partial charge in [-0.3, -0.25) is 14.4 Å². The summed E-state index contributed by atoms with van der Waals surface area (Å²) in [7, 11) is 0. The number of hydrogen-bond donors (Lipinski definition) is 0. The summed E-state index contributed by atoms with van der Waals surface area (Å²) < 4.78 is 16.9. The summed E-state index contributed by atoms with van der Waals surface area (Å²) in [6.07, 6.45) is 88.4. The Morgan fingerprint density at radius 2 is 0.500 bits per heavy atom. The predicted molar refractivity (Wildman–Crippen MR) is 339 cm³/mol. The maximum atomic E-state index is 12.9. The van der Waals surface area contributed by atoms with Crippen LogP contribution in [0.15, 0.2) is 97.2 Å². The molecule has 0 saturated heterocycles. The Bertz CT molecular complexity index is 1530. The van der Waals surface area contributed by atoms with E-state index in [2.05, 4.69) is 118 Å². The molecule has 78 heavy (non-hydrogen) atoms. The Kier molecular flexibility index (Phi) is 62.7. The summed E-state index contributed by atoms with van der Waals surface area (Å²) in [5.41, 5.74) is 0. The average Bonchev–Trinajstić information content (AvgIpc) is 3.44. The molecule has 0 aromatic heterocycles. The van der Waals surface area contributed by atoms with E-state index in [1.807, 2.05) is 0 Å².